The summed E-state index contributed by atoms with van der Waals surface area (Å²) in [7, 11) is 0. The van der Waals surface area contributed by atoms with E-state index < -0.39 is 0 Å². The average Bonchev–Trinajstić information content (AvgIpc) is 2.87. The van der Waals surface area contributed by atoms with Crippen LogP contribution in [0.2, 0.25) is 0 Å². The van der Waals surface area contributed by atoms with Crippen molar-refractivity contribution in [2.24, 2.45) is 5.41 Å². The second kappa shape index (κ2) is 7.10. The molecule has 1 spiro atoms. The Hall–Kier alpha value is -1.58. The molecule has 4 nitrogen and oxygen atoms in total. The van der Waals surface area contributed by atoms with Crippen molar-refractivity contribution in [3.63, 3.8) is 0 Å². The summed E-state index contributed by atoms with van der Waals surface area (Å²) in [6.45, 7) is 2.09. The molecule has 1 fully saturated rings. The average molecular weight is 368 g/mol. The summed E-state index contributed by atoms with van der Waals surface area (Å²) >= 11 is 0. The van der Waals surface area contributed by atoms with Gasteiger partial charge in [-0.05, 0) is 95.3 Å². The van der Waals surface area contributed by atoms with Crippen LogP contribution >= 0.6 is 0 Å². The summed E-state index contributed by atoms with van der Waals surface area (Å²) in [5.74, 6) is 0.835. The minimum atomic E-state index is 0.112. The van der Waals surface area contributed by atoms with E-state index in [0.29, 0.717) is 5.41 Å². The third-order valence-corrected chi connectivity index (χ3v) is 7.78. The minimum Gasteiger partial charge on any atom is -0.342 e. The second-order valence-electron chi connectivity index (χ2n) is 9.45. The summed E-state index contributed by atoms with van der Waals surface area (Å²) in [6.07, 6.45) is 17.7. The molecule has 2 heterocycles. The molecule has 1 aromatic rings. The van der Waals surface area contributed by atoms with E-state index in [1.807, 2.05) is 11.1 Å². The van der Waals surface area contributed by atoms with Crippen molar-refractivity contribution in [3.05, 3.63) is 32.8 Å². The molecule has 0 amide bonds. The van der Waals surface area contributed by atoms with Gasteiger partial charge in [-0.15, -0.1) is 0 Å². The highest BCUT2D eigenvalue weighted by Gasteiger charge is 2.37. The molecule has 146 valence electrons. The zero-order valence-electron chi connectivity index (χ0n) is 16.6. The first-order valence-electron chi connectivity index (χ1n) is 11.3. The summed E-state index contributed by atoms with van der Waals surface area (Å²) < 4.78 is 0. The van der Waals surface area contributed by atoms with Crippen LogP contribution in [0.5, 0.6) is 0 Å². The highest BCUT2D eigenvalue weighted by atomic mass is 16.1. The standard InChI is InChI=1S/C23H33N3O/c27-21-19-9-3-4-10-20(19)24-22(25-21)26-14-12-23(13-15-26)11-5-8-17-6-1-2-7-18(17)16-23/h1-16H2,(H,24,25,27). The van der Waals surface area contributed by atoms with Gasteiger partial charge in [-0.25, -0.2) is 4.98 Å². The van der Waals surface area contributed by atoms with Crippen molar-refractivity contribution < 1.29 is 0 Å². The Kier molecular flexibility index (Phi) is 4.61. The monoisotopic (exact) mass is 367 g/mol. The van der Waals surface area contributed by atoms with E-state index in [0.717, 1.165) is 49.6 Å². The first-order chi connectivity index (χ1) is 13.2. The lowest BCUT2D eigenvalue weighted by molar-refractivity contribution is 0.194. The Labute approximate surface area is 162 Å². The summed E-state index contributed by atoms with van der Waals surface area (Å²) in [4.78, 5) is 22.8. The van der Waals surface area contributed by atoms with Crippen LogP contribution in [-0.4, -0.2) is 23.1 Å². The summed E-state index contributed by atoms with van der Waals surface area (Å²) in [5, 5.41) is 0. The topological polar surface area (TPSA) is 49.0 Å². The predicted octanol–water partition coefficient (Wildman–Crippen LogP) is 4.68. The van der Waals surface area contributed by atoms with E-state index in [4.69, 9.17) is 4.98 Å². The van der Waals surface area contributed by atoms with Crippen LogP contribution in [-0.2, 0) is 12.8 Å². The van der Waals surface area contributed by atoms with Crippen LogP contribution in [0, 0.1) is 5.41 Å². The number of allylic oxidation sites excluding steroid dienone is 2. The number of aromatic nitrogens is 2. The van der Waals surface area contributed by atoms with Crippen molar-refractivity contribution in [1.82, 2.24) is 9.97 Å². The number of aromatic amines is 1. The smallest absolute Gasteiger partial charge is 0.255 e. The molecule has 1 saturated heterocycles. The molecule has 27 heavy (non-hydrogen) atoms. The predicted molar refractivity (Wildman–Crippen MR) is 109 cm³/mol. The zero-order chi connectivity index (χ0) is 18.3. The van der Waals surface area contributed by atoms with Gasteiger partial charge >= 0.3 is 0 Å². The van der Waals surface area contributed by atoms with Gasteiger partial charge in [0.15, 0.2) is 0 Å². The van der Waals surface area contributed by atoms with Crippen molar-refractivity contribution in [2.75, 3.05) is 18.0 Å². The molecule has 0 atom stereocenters. The van der Waals surface area contributed by atoms with E-state index in [-0.39, 0.29) is 5.56 Å². The quantitative estimate of drug-likeness (QED) is 0.733. The maximum absolute atomic E-state index is 12.5. The molecule has 4 aliphatic rings. The Morgan fingerprint density at radius 3 is 2.37 bits per heavy atom. The SMILES string of the molecule is O=c1[nH]c(N2CCC3(CCCC4=C(CCCC4)C3)CC2)nc2c1CCCC2. The number of nitrogens with one attached hydrogen (secondary N) is 1. The van der Waals surface area contributed by atoms with Crippen molar-refractivity contribution in [3.8, 4) is 0 Å². The molecule has 1 aliphatic heterocycles. The van der Waals surface area contributed by atoms with E-state index in [2.05, 4.69) is 9.88 Å². The molecule has 3 aliphatic carbocycles. The fourth-order valence-electron chi connectivity index (χ4n) is 6.12. The number of aryl methyl sites for hydroxylation is 1. The molecule has 0 radical (unpaired) electrons. The number of anilines is 1. The summed E-state index contributed by atoms with van der Waals surface area (Å²) in [5.41, 5.74) is 6.28. The van der Waals surface area contributed by atoms with Gasteiger partial charge in [0, 0.05) is 18.7 Å². The van der Waals surface area contributed by atoms with Crippen molar-refractivity contribution >= 4 is 5.95 Å². The van der Waals surface area contributed by atoms with Gasteiger partial charge in [0.25, 0.3) is 5.56 Å². The van der Waals surface area contributed by atoms with Crippen LogP contribution in [0.15, 0.2) is 15.9 Å². The van der Waals surface area contributed by atoms with Gasteiger partial charge in [0.1, 0.15) is 0 Å². The fourth-order valence-corrected chi connectivity index (χ4v) is 6.12. The minimum absolute atomic E-state index is 0.112. The van der Waals surface area contributed by atoms with Crippen molar-refractivity contribution in [2.45, 2.75) is 89.9 Å². The number of fused-ring (bicyclic) bond motifs is 1. The van der Waals surface area contributed by atoms with E-state index in [1.165, 1.54) is 70.6 Å². The van der Waals surface area contributed by atoms with Crippen LogP contribution in [0.4, 0.5) is 5.95 Å². The van der Waals surface area contributed by atoms with Gasteiger partial charge in [0.2, 0.25) is 5.95 Å². The highest BCUT2D eigenvalue weighted by Crippen LogP contribution is 2.48. The Morgan fingerprint density at radius 1 is 0.815 bits per heavy atom. The first-order valence-corrected chi connectivity index (χ1v) is 11.3. The highest BCUT2D eigenvalue weighted by molar-refractivity contribution is 5.35. The van der Waals surface area contributed by atoms with Crippen LogP contribution in [0.3, 0.4) is 0 Å². The fraction of sp³-hybridized carbons (Fsp3) is 0.739. The lowest BCUT2D eigenvalue weighted by Crippen LogP contribution is -2.42. The molecule has 1 aromatic heterocycles. The van der Waals surface area contributed by atoms with Gasteiger partial charge < -0.3 is 4.90 Å². The third kappa shape index (κ3) is 3.36. The first kappa shape index (κ1) is 17.5. The van der Waals surface area contributed by atoms with Gasteiger partial charge in [-0.2, -0.15) is 0 Å². The number of nitrogens with zero attached hydrogens (tertiary/aromatic N) is 2. The largest absolute Gasteiger partial charge is 0.342 e. The lowest BCUT2D eigenvalue weighted by atomic mass is 9.70. The normalized spacial score (nSPS) is 25.1. The van der Waals surface area contributed by atoms with Gasteiger partial charge in [-0.3, -0.25) is 9.78 Å². The molecule has 1 N–H and O–H groups in total. The van der Waals surface area contributed by atoms with Gasteiger partial charge in [0.05, 0.1) is 5.69 Å². The Morgan fingerprint density at radius 2 is 1.52 bits per heavy atom. The maximum Gasteiger partial charge on any atom is 0.255 e. The van der Waals surface area contributed by atoms with E-state index in [1.54, 1.807) is 0 Å². The summed E-state index contributed by atoms with van der Waals surface area (Å²) in [6, 6.07) is 0. The molecule has 0 saturated carbocycles. The Balaban J connectivity index is 1.32. The lowest BCUT2D eigenvalue weighted by Gasteiger charge is -2.42. The number of hydrogen-bond acceptors (Lipinski definition) is 3. The van der Waals surface area contributed by atoms with Crippen LogP contribution < -0.4 is 10.5 Å². The second-order valence-corrected chi connectivity index (χ2v) is 9.45. The Bertz CT molecular complexity index is 798. The third-order valence-electron chi connectivity index (χ3n) is 7.78. The zero-order valence-corrected chi connectivity index (χ0v) is 16.6. The molecule has 4 heteroatoms. The van der Waals surface area contributed by atoms with E-state index in [9.17, 15) is 4.79 Å². The molecule has 0 unspecified atom stereocenters. The van der Waals surface area contributed by atoms with Crippen LogP contribution in [0.1, 0.15) is 88.3 Å². The molecule has 5 rings (SSSR count). The van der Waals surface area contributed by atoms with Crippen molar-refractivity contribution in [1.29, 1.82) is 0 Å². The number of rotatable bonds is 1. The number of hydrogen-bond donors (Lipinski definition) is 1. The van der Waals surface area contributed by atoms with E-state index >= 15 is 0 Å². The molecular formula is C23H33N3O. The van der Waals surface area contributed by atoms with Crippen LogP contribution in [0.25, 0.3) is 0 Å². The maximum atomic E-state index is 12.5. The molecule has 0 bridgehead atoms. The molecule has 0 aromatic carbocycles. The van der Waals surface area contributed by atoms with Gasteiger partial charge in [-0.1, -0.05) is 11.1 Å². The number of H-pyrrole nitrogens is 1. The molecular weight excluding hydrogens is 334 g/mol. The number of piperidine rings is 1.